The Morgan fingerprint density at radius 1 is 1.38 bits per heavy atom. The highest BCUT2D eigenvalue weighted by Crippen LogP contribution is 2.28. The van der Waals surface area contributed by atoms with Gasteiger partial charge in [0.1, 0.15) is 0 Å². The van der Waals surface area contributed by atoms with Gasteiger partial charge < -0.3 is 16.0 Å². The lowest BCUT2D eigenvalue weighted by atomic mass is 10.4. The Bertz CT molecular complexity index is 495. The molecule has 0 spiro atoms. The van der Waals surface area contributed by atoms with Gasteiger partial charge in [-0.3, -0.25) is 4.79 Å². The van der Waals surface area contributed by atoms with E-state index in [4.69, 9.17) is 0 Å². The molecule has 1 aliphatic carbocycles. The lowest BCUT2D eigenvalue weighted by Crippen LogP contribution is -2.41. The van der Waals surface area contributed by atoms with Crippen LogP contribution in [-0.2, 0) is 11.3 Å². The van der Waals surface area contributed by atoms with Crippen molar-refractivity contribution in [2.24, 2.45) is 10.9 Å². The maximum absolute atomic E-state index is 11.5. The van der Waals surface area contributed by atoms with E-state index in [2.05, 4.69) is 25.9 Å². The number of aromatic nitrogens is 1. The van der Waals surface area contributed by atoms with E-state index in [-0.39, 0.29) is 11.8 Å². The van der Waals surface area contributed by atoms with Crippen LogP contribution in [-0.4, -0.2) is 36.5 Å². The minimum absolute atomic E-state index is 0.180. The van der Waals surface area contributed by atoms with Crippen molar-refractivity contribution < 1.29 is 4.79 Å². The predicted molar refractivity (Wildman–Crippen MR) is 85.4 cm³/mol. The molecule has 7 heteroatoms. The first-order valence-electron chi connectivity index (χ1n) is 7.40. The molecule has 0 aromatic carbocycles. The molecule has 1 aromatic heterocycles. The second-order valence-electron chi connectivity index (χ2n) is 5.03. The first-order chi connectivity index (χ1) is 10.2. The minimum atomic E-state index is 0.180. The third kappa shape index (κ3) is 5.71. The molecular formula is C14H23N5OS. The van der Waals surface area contributed by atoms with Crippen LogP contribution in [0.1, 0.15) is 29.7 Å². The topological polar surface area (TPSA) is 78.4 Å². The number of hydrogen-bond donors (Lipinski definition) is 3. The van der Waals surface area contributed by atoms with E-state index in [1.54, 1.807) is 11.3 Å². The number of thiazole rings is 1. The molecule has 1 heterocycles. The molecule has 1 fully saturated rings. The molecule has 2 rings (SSSR count). The highest BCUT2D eigenvalue weighted by atomic mass is 32.1. The normalized spacial score (nSPS) is 14.9. The number of guanidine groups is 1. The van der Waals surface area contributed by atoms with E-state index in [1.165, 1.54) is 0 Å². The summed E-state index contributed by atoms with van der Waals surface area (Å²) in [5.41, 5.74) is 0. The van der Waals surface area contributed by atoms with Crippen LogP contribution in [0.15, 0.2) is 11.2 Å². The fourth-order valence-electron chi connectivity index (χ4n) is 1.83. The van der Waals surface area contributed by atoms with Crippen molar-refractivity contribution in [3.63, 3.8) is 0 Å². The number of aliphatic imine (C=N–C) groups is 1. The summed E-state index contributed by atoms with van der Waals surface area (Å²) in [6.45, 7) is 6.75. The fraction of sp³-hybridized carbons (Fsp3) is 0.643. The van der Waals surface area contributed by atoms with E-state index in [0.717, 1.165) is 35.2 Å². The second kappa shape index (κ2) is 7.97. The van der Waals surface area contributed by atoms with Gasteiger partial charge in [-0.05, 0) is 26.7 Å². The van der Waals surface area contributed by atoms with Crippen molar-refractivity contribution in [1.82, 2.24) is 20.9 Å². The molecule has 0 radical (unpaired) electrons. The molecule has 1 amide bonds. The van der Waals surface area contributed by atoms with Gasteiger partial charge >= 0.3 is 0 Å². The quantitative estimate of drug-likeness (QED) is 0.399. The van der Waals surface area contributed by atoms with Crippen LogP contribution in [0.4, 0.5) is 0 Å². The summed E-state index contributed by atoms with van der Waals surface area (Å²) in [6.07, 6.45) is 3.94. The van der Waals surface area contributed by atoms with Crippen LogP contribution < -0.4 is 16.0 Å². The minimum Gasteiger partial charge on any atom is -0.357 e. The van der Waals surface area contributed by atoms with E-state index in [1.807, 2.05) is 20.0 Å². The molecule has 0 atom stereocenters. The summed E-state index contributed by atoms with van der Waals surface area (Å²) in [7, 11) is 0. The molecule has 0 aliphatic heterocycles. The highest BCUT2D eigenvalue weighted by molar-refractivity contribution is 7.11. The van der Waals surface area contributed by atoms with Gasteiger partial charge in [0.25, 0.3) is 0 Å². The van der Waals surface area contributed by atoms with Gasteiger partial charge in [0, 0.05) is 36.6 Å². The monoisotopic (exact) mass is 309 g/mol. The number of rotatable bonds is 7. The largest absolute Gasteiger partial charge is 0.357 e. The van der Waals surface area contributed by atoms with E-state index < -0.39 is 0 Å². The Morgan fingerprint density at radius 3 is 2.76 bits per heavy atom. The third-order valence-electron chi connectivity index (χ3n) is 3.07. The maximum Gasteiger partial charge on any atom is 0.223 e. The van der Waals surface area contributed by atoms with Crippen molar-refractivity contribution >= 4 is 23.2 Å². The number of carbonyl (C=O) groups excluding carboxylic acids is 1. The summed E-state index contributed by atoms with van der Waals surface area (Å²) >= 11 is 1.66. The van der Waals surface area contributed by atoms with Gasteiger partial charge in [0.15, 0.2) is 5.96 Å². The van der Waals surface area contributed by atoms with Crippen LogP contribution in [0.3, 0.4) is 0 Å². The van der Waals surface area contributed by atoms with E-state index >= 15 is 0 Å². The van der Waals surface area contributed by atoms with Crippen molar-refractivity contribution in [2.45, 2.75) is 33.2 Å². The lowest BCUT2D eigenvalue weighted by molar-refractivity contribution is -0.122. The van der Waals surface area contributed by atoms with Crippen LogP contribution in [0, 0.1) is 12.8 Å². The number of amides is 1. The Kier molecular flexibility index (Phi) is 5.98. The van der Waals surface area contributed by atoms with Gasteiger partial charge in [-0.2, -0.15) is 0 Å². The standard InChI is InChI=1S/C14H23N5OS/c1-3-15-14(19-9-12-8-18-10(2)21-12)17-7-6-16-13(20)11-4-5-11/h8,11H,3-7,9H2,1-2H3,(H,16,20)(H2,15,17,19). The zero-order valence-electron chi connectivity index (χ0n) is 12.6. The van der Waals surface area contributed by atoms with Crippen molar-refractivity contribution in [3.8, 4) is 0 Å². The average Bonchev–Trinajstić information content (AvgIpc) is 3.24. The van der Waals surface area contributed by atoms with Crippen molar-refractivity contribution in [1.29, 1.82) is 0 Å². The summed E-state index contributed by atoms with van der Waals surface area (Å²) in [5.74, 6) is 1.21. The molecule has 0 unspecified atom stereocenters. The van der Waals surface area contributed by atoms with Crippen molar-refractivity contribution in [3.05, 3.63) is 16.1 Å². The second-order valence-corrected chi connectivity index (χ2v) is 6.35. The summed E-state index contributed by atoms with van der Waals surface area (Å²) < 4.78 is 0. The zero-order valence-corrected chi connectivity index (χ0v) is 13.4. The molecule has 116 valence electrons. The average molecular weight is 309 g/mol. The first kappa shape index (κ1) is 15.8. The van der Waals surface area contributed by atoms with Crippen molar-refractivity contribution in [2.75, 3.05) is 19.6 Å². The highest BCUT2D eigenvalue weighted by Gasteiger charge is 2.28. The van der Waals surface area contributed by atoms with Gasteiger partial charge in [-0.15, -0.1) is 11.3 Å². The lowest BCUT2D eigenvalue weighted by Gasteiger charge is -2.11. The SMILES string of the molecule is CCNC(=NCc1cnc(C)s1)NCCNC(=O)C1CC1. The molecule has 0 saturated heterocycles. The fourth-order valence-corrected chi connectivity index (χ4v) is 2.55. The Balaban J connectivity index is 1.71. The summed E-state index contributed by atoms with van der Waals surface area (Å²) in [4.78, 5) is 21.4. The number of carbonyl (C=O) groups is 1. The van der Waals surface area contributed by atoms with E-state index in [0.29, 0.717) is 19.6 Å². The van der Waals surface area contributed by atoms with Crippen LogP contribution >= 0.6 is 11.3 Å². The van der Waals surface area contributed by atoms with Gasteiger partial charge in [-0.1, -0.05) is 0 Å². The molecule has 3 N–H and O–H groups in total. The van der Waals surface area contributed by atoms with Crippen LogP contribution in [0.2, 0.25) is 0 Å². The smallest absolute Gasteiger partial charge is 0.223 e. The Hall–Kier alpha value is -1.63. The number of hydrogen-bond acceptors (Lipinski definition) is 4. The molecule has 6 nitrogen and oxygen atoms in total. The summed E-state index contributed by atoms with van der Waals surface area (Å²) in [5, 5.41) is 10.4. The third-order valence-corrected chi connectivity index (χ3v) is 3.97. The molecular weight excluding hydrogens is 286 g/mol. The predicted octanol–water partition coefficient (Wildman–Crippen LogP) is 1.03. The molecule has 1 aromatic rings. The number of nitrogens with zero attached hydrogens (tertiary/aromatic N) is 2. The molecule has 1 saturated carbocycles. The molecule has 21 heavy (non-hydrogen) atoms. The van der Waals surface area contributed by atoms with Crippen LogP contribution in [0.25, 0.3) is 0 Å². The Labute approximate surface area is 129 Å². The van der Waals surface area contributed by atoms with Gasteiger partial charge in [-0.25, -0.2) is 9.98 Å². The first-order valence-corrected chi connectivity index (χ1v) is 8.22. The van der Waals surface area contributed by atoms with E-state index in [9.17, 15) is 4.79 Å². The number of nitrogens with one attached hydrogen (secondary N) is 3. The van der Waals surface area contributed by atoms with Gasteiger partial charge in [0.05, 0.1) is 11.6 Å². The summed E-state index contributed by atoms with van der Waals surface area (Å²) in [6, 6.07) is 0. The molecule has 1 aliphatic rings. The van der Waals surface area contributed by atoms with Gasteiger partial charge in [0.2, 0.25) is 5.91 Å². The maximum atomic E-state index is 11.5. The number of aryl methyl sites for hydroxylation is 1. The molecule has 0 bridgehead atoms. The zero-order chi connectivity index (χ0) is 15.1. The van der Waals surface area contributed by atoms with Crippen LogP contribution in [0.5, 0.6) is 0 Å². The Morgan fingerprint density at radius 2 is 2.14 bits per heavy atom.